The second kappa shape index (κ2) is 7.84. The SMILES string of the molecule is CC(C)(C)C(=O)On1cc(-c2ccc(NC(=O)c3cc4cc(F)ccc4[nH]3)cc2)nc1N. The van der Waals surface area contributed by atoms with Crippen LogP contribution in [0.4, 0.5) is 16.0 Å². The van der Waals surface area contributed by atoms with Crippen LogP contribution in [0, 0.1) is 11.2 Å². The summed E-state index contributed by atoms with van der Waals surface area (Å²) in [7, 11) is 0. The number of anilines is 2. The number of nitrogens with zero attached hydrogens (tertiary/aromatic N) is 2. The molecule has 0 aliphatic carbocycles. The molecule has 1 amide bonds. The van der Waals surface area contributed by atoms with E-state index >= 15 is 0 Å². The van der Waals surface area contributed by atoms with Crippen LogP contribution in [0.15, 0.2) is 54.7 Å². The number of fused-ring (bicyclic) bond motifs is 1. The number of imidazole rings is 1. The smallest absolute Gasteiger partial charge is 0.338 e. The van der Waals surface area contributed by atoms with Crippen molar-refractivity contribution in [3.8, 4) is 11.3 Å². The lowest BCUT2D eigenvalue weighted by Crippen LogP contribution is -2.31. The molecule has 0 atom stereocenters. The lowest BCUT2D eigenvalue weighted by molar-refractivity contribution is -0.153. The highest BCUT2D eigenvalue weighted by Crippen LogP contribution is 2.23. The number of carbonyl (C=O) groups excluding carboxylic acids is 2. The third kappa shape index (κ3) is 4.31. The van der Waals surface area contributed by atoms with Gasteiger partial charge in [-0.3, -0.25) is 4.79 Å². The van der Waals surface area contributed by atoms with Gasteiger partial charge in [-0.1, -0.05) is 12.1 Å². The van der Waals surface area contributed by atoms with E-state index in [1.807, 2.05) is 0 Å². The van der Waals surface area contributed by atoms with Crippen molar-refractivity contribution in [1.29, 1.82) is 0 Å². The Bertz CT molecular complexity index is 1320. The predicted molar refractivity (Wildman–Crippen MR) is 119 cm³/mol. The average molecular weight is 435 g/mol. The number of halogens is 1. The second-order valence-corrected chi connectivity index (χ2v) is 8.38. The minimum atomic E-state index is -0.685. The molecule has 0 aliphatic heterocycles. The number of H-pyrrole nitrogens is 1. The van der Waals surface area contributed by atoms with E-state index in [0.717, 1.165) is 10.3 Å². The predicted octanol–water partition coefficient (Wildman–Crippen LogP) is 4.01. The van der Waals surface area contributed by atoms with Crippen molar-refractivity contribution in [2.45, 2.75) is 20.8 Å². The molecule has 4 N–H and O–H groups in total. The van der Waals surface area contributed by atoms with Gasteiger partial charge in [0.2, 0.25) is 5.95 Å². The largest absolute Gasteiger partial charge is 0.367 e. The zero-order chi connectivity index (χ0) is 23.0. The summed E-state index contributed by atoms with van der Waals surface area (Å²) in [6.07, 6.45) is 1.52. The first kappa shape index (κ1) is 21.1. The highest BCUT2D eigenvalue weighted by Gasteiger charge is 2.25. The quantitative estimate of drug-likeness (QED) is 0.448. The van der Waals surface area contributed by atoms with E-state index < -0.39 is 11.4 Å². The van der Waals surface area contributed by atoms with Crippen molar-refractivity contribution in [1.82, 2.24) is 14.7 Å². The first-order valence-electron chi connectivity index (χ1n) is 9.88. The maximum Gasteiger partial charge on any atom is 0.338 e. The molecule has 2 heterocycles. The number of nitrogen functional groups attached to an aromatic ring is 1. The molecule has 4 aromatic rings. The van der Waals surface area contributed by atoms with Crippen LogP contribution in [0.25, 0.3) is 22.2 Å². The van der Waals surface area contributed by atoms with Gasteiger partial charge in [0.05, 0.1) is 17.3 Å². The van der Waals surface area contributed by atoms with E-state index in [-0.39, 0.29) is 17.7 Å². The van der Waals surface area contributed by atoms with Crippen LogP contribution in [0.5, 0.6) is 0 Å². The lowest BCUT2D eigenvalue weighted by Gasteiger charge is -2.16. The third-order valence-corrected chi connectivity index (χ3v) is 4.76. The van der Waals surface area contributed by atoms with Crippen molar-refractivity contribution in [3.63, 3.8) is 0 Å². The highest BCUT2D eigenvalue weighted by atomic mass is 19.1. The number of nitrogens with two attached hydrogens (primary N) is 1. The van der Waals surface area contributed by atoms with E-state index in [1.54, 1.807) is 57.2 Å². The first-order valence-corrected chi connectivity index (χ1v) is 9.88. The van der Waals surface area contributed by atoms with Crippen molar-refractivity contribution < 1.29 is 18.8 Å². The Morgan fingerprint density at radius 3 is 2.53 bits per heavy atom. The van der Waals surface area contributed by atoms with Gasteiger partial charge < -0.3 is 20.9 Å². The fourth-order valence-corrected chi connectivity index (χ4v) is 2.97. The molecule has 2 aromatic heterocycles. The monoisotopic (exact) mass is 435 g/mol. The minimum Gasteiger partial charge on any atom is -0.367 e. The van der Waals surface area contributed by atoms with Gasteiger partial charge in [-0.15, -0.1) is 4.73 Å². The maximum atomic E-state index is 13.4. The van der Waals surface area contributed by atoms with Crippen molar-refractivity contribution in [2.75, 3.05) is 11.1 Å². The molecule has 0 bridgehead atoms. The number of hydrogen-bond acceptors (Lipinski definition) is 5. The molecule has 9 heteroatoms. The number of nitrogens with one attached hydrogen (secondary N) is 2. The van der Waals surface area contributed by atoms with Crippen LogP contribution in [-0.4, -0.2) is 26.6 Å². The first-order chi connectivity index (χ1) is 15.1. The topological polar surface area (TPSA) is 115 Å². The fraction of sp³-hybridized carbons (Fsp3) is 0.174. The number of benzene rings is 2. The maximum absolute atomic E-state index is 13.4. The summed E-state index contributed by atoms with van der Waals surface area (Å²) >= 11 is 0. The summed E-state index contributed by atoms with van der Waals surface area (Å²) in [5, 5.41) is 3.40. The molecule has 0 fully saturated rings. The molecule has 0 saturated heterocycles. The molecule has 0 spiro atoms. The van der Waals surface area contributed by atoms with Crippen molar-refractivity contribution >= 4 is 34.4 Å². The lowest BCUT2D eigenvalue weighted by atomic mass is 9.98. The van der Waals surface area contributed by atoms with E-state index in [0.29, 0.717) is 28.0 Å². The normalized spacial score (nSPS) is 11.5. The Hall–Kier alpha value is -4.14. The van der Waals surface area contributed by atoms with Gasteiger partial charge in [0.15, 0.2) is 0 Å². The van der Waals surface area contributed by atoms with Gasteiger partial charge in [-0.25, -0.2) is 14.2 Å². The van der Waals surface area contributed by atoms with E-state index in [4.69, 9.17) is 10.6 Å². The summed E-state index contributed by atoms with van der Waals surface area (Å²) in [6, 6.07) is 12.8. The number of rotatable bonds is 4. The summed E-state index contributed by atoms with van der Waals surface area (Å²) in [4.78, 5) is 37.1. The Labute approximate surface area is 183 Å². The molecule has 0 radical (unpaired) electrons. The number of carbonyl (C=O) groups is 2. The van der Waals surface area contributed by atoms with Crippen LogP contribution in [0.1, 0.15) is 31.3 Å². The molecular formula is C23H22FN5O3. The fourth-order valence-electron chi connectivity index (χ4n) is 2.97. The zero-order valence-corrected chi connectivity index (χ0v) is 17.8. The zero-order valence-electron chi connectivity index (χ0n) is 17.8. The van der Waals surface area contributed by atoms with Crippen molar-refractivity contribution in [3.05, 3.63) is 66.2 Å². The summed E-state index contributed by atoms with van der Waals surface area (Å²) in [6.45, 7) is 5.22. The third-order valence-electron chi connectivity index (χ3n) is 4.76. The van der Waals surface area contributed by atoms with Gasteiger partial charge in [0.1, 0.15) is 11.5 Å². The van der Waals surface area contributed by atoms with Gasteiger partial charge in [0.25, 0.3) is 5.91 Å². The minimum absolute atomic E-state index is 0.0465. The molecule has 32 heavy (non-hydrogen) atoms. The van der Waals surface area contributed by atoms with Crippen molar-refractivity contribution in [2.24, 2.45) is 5.41 Å². The van der Waals surface area contributed by atoms with Gasteiger partial charge in [-0.05, 0) is 57.2 Å². The summed E-state index contributed by atoms with van der Waals surface area (Å²) in [5.74, 6) is -1.11. The number of amides is 1. The molecule has 8 nitrogen and oxygen atoms in total. The summed E-state index contributed by atoms with van der Waals surface area (Å²) < 4.78 is 14.5. The Kier molecular flexibility index (Phi) is 5.17. The number of aromatic nitrogens is 3. The highest BCUT2D eigenvalue weighted by molar-refractivity contribution is 6.06. The van der Waals surface area contributed by atoms with E-state index in [9.17, 15) is 14.0 Å². The Morgan fingerprint density at radius 1 is 1.12 bits per heavy atom. The van der Waals surface area contributed by atoms with Crippen LogP contribution < -0.4 is 15.9 Å². The molecule has 0 unspecified atom stereocenters. The Balaban J connectivity index is 1.47. The average Bonchev–Trinajstić information content (AvgIpc) is 3.31. The van der Waals surface area contributed by atoms with Gasteiger partial charge >= 0.3 is 5.97 Å². The molecule has 164 valence electrons. The summed E-state index contributed by atoms with van der Waals surface area (Å²) in [5.41, 5.74) is 7.97. The van der Waals surface area contributed by atoms with Crippen LogP contribution in [0.3, 0.4) is 0 Å². The van der Waals surface area contributed by atoms with Gasteiger partial charge in [-0.2, -0.15) is 0 Å². The molecule has 0 aliphatic rings. The van der Waals surface area contributed by atoms with Gasteiger partial charge in [0, 0.05) is 22.2 Å². The standard InChI is InChI=1S/C23H22FN5O3/c1-23(2,3)21(31)32-29-12-19(28-22(29)25)13-4-7-16(8-5-13)26-20(30)18-11-14-10-15(24)6-9-17(14)27-18/h4-12,27H,1-3H3,(H2,25,28)(H,26,30). The molecule has 4 rings (SSSR count). The van der Waals surface area contributed by atoms with E-state index in [1.165, 1.54) is 18.3 Å². The van der Waals surface area contributed by atoms with Crippen LogP contribution in [0.2, 0.25) is 0 Å². The second-order valence-electron chi connectivity index (χ2n) is 8.38. The van der Waals surface area contributed by atoms with E-state index in [2.05, 4.69) is 15.3 Å². The molecule has 0 saturated carbocycles. The molecule has 2 aromatic carbocycles. The number of aromatic amines is 1. The van der Waals surface area contributed by atoms with Crippen LogP contribution >= 0.6 is 0 Å². The Morgan fingerprint density at radius 2 is 1.84 bits per heavy atom. The molecular weight excluding hydrogens is 413 g/mol. The van der Waals surface area contributed by atoms with Crippen LogP contribution in [-0.2, 0) is 4.79 Å². The number of hydrogen-bond donors (Lipinski definition) is 3.